The maximum atomic E-state index is 12.8. The quantitative estimate of drug-likeness (QED) is 0.416. The summed E-state index contributed by atoms with van der Waals surface area (Å²) in [6, 6.07) is 3.49. The number of carbonyl (C=O) groups is 1. The van der Waals surface area contributed by atoms with Crippen LogP contribution in [0.15, 0.2) is 34.7 Å². The number of benzene rings is 1. The standard InChI is InChI=1S/C19H21N3O5S/c1-5-8-28-19-21-17-14(18(24)22-19)11(9-13(23)20-17)10-6-7-12(25-2)16(27-4)15(10)26-3/h5-7,11H,1,8-9H2,2-4H3,(H2,20,21,22,23,24)/t11-/m0/s1. The van der Waals surface area contributed by atoms with E-state index in [1.807, 2.05) is 0 Å². The lowest BCUT2D eigenvalue weighted by Gasteiger charge is -2.26. The highest BCUT2D eigenvalue weighted by molar-refractivity contribution is 7.99. The zero-order chi connectivity index (χ0) is 20.3. The summed E-state index contributed by atoms with van der Waals surface area (Å²) in [7, 11) is 4.53. The van der Waals surface area contributed by atoms with Crippen LogP contribution in [0.1, 0.15) is 23.5 Å². The number of aromatic amines is 1. The number of nitrogens with zero attached hydrogens (tertiary/aromatic N) is 1. The molecule has 0 aliphatic carbocycles. The third-order valence-corrected chi connectivity index (χ3v) is 5.25. The number of methoxy groups -OCH3 is 3. The minimum Gasteiger partial charge on any atom is -0.493 e. The summed E-state index contributed by atoms with van der Waals surface area (Å²) in [5.74, 6) is 1.39. The number of hydrogen-bond donors (Lipinski definition) is 2. The molecule has 0 unspecified atom stereocenters. The molecule has 1 aliphatic rings. The summed E-state index contributed by atoms with van der Waals surface area (Å²) >= 11 is 1.33. The van der Waals surface area contributed by atoms with Gasteiger partial charge in [-0.15, -0.1) is 6.58 Å². The van der Waals surface area contributed by atoms with Gasteiger partial charge in [0.1, 0.15) is 5.82 Å². The van der Waals surface area contributed by atoms with Crippen LogP contribution in [0.3, 0.4) is 0 Å². The van der Waals surface area contributed by atoms with E-state index in [2.05, 4.69) is 21.9 Å². The van der Waals surface area contributed by atoms with E-state index in [-0.39, 0.29) is 23.7 Å². The van der Waals surface area contributed by atoms with E-state index in [0.29, 0.717) is 39.3 Å². The molecule has 0 saturated heterocycles. The van der Waals surface area contributed by atoms with E-state index in [4.69, 9.17) is 14.2 Å². The van der Waals surface area contributed by atoms with Crippen molar-refractivity contribution in [1.29, 1.82) is 0 Å². The predicted molar refractivity (Wildman–Crippen MR) is 107 cm³/mol. The number of carbonyl (C=O) groups excluding carboxylic acids is 1. The first-order chi connectivity index (χ1) is 13.5. The van der Waals surface area contributed by atoms with Crippen molar-refractivity contribution in [2.75, 3.05) is 32.4 Å². The summed E-state index contributed by atoms with van der Waals surface area (Å²) in [4.78, 5) is 32.3. The van der Waals surface area contributed by atoms with Crippen molar-refractivity contribution in [3.05, 3.63) is 46.3 Å². The van der Waals surface area contributed by atoms with Gasteiger partial charge in [0.05, 0.1) is 26.9 Å². The predicted octanol–water partition coefficient (Wildman–Crippen LogP) is 2.55. The minimum absolute atomic E-state index is 0.0861. The Kier molecular flexibility index (Phi) is 5.93. The number of hydrogen-bond acceptors (Lipinski definition) is 7. The van der Waals surface area contributed by atoms with Gasteiger partial charge in [0.15, 0.2) is 16.7 Å². The molecule has 0 spiro atoms. The molecular weight excluding hydrogens is 382 g/mol. The molecule has 1 aromatic carbocycles. The van der Waals surface area contributed by atoms with Crippen molar-refractivity contribution in [2.24, 2.45) is 0 Å². The first-order valence-corrected chi connectivity index (χ1v) is 9.49. The first kappa shape index (κ1) is 19.8. The van der Waals surface area contributed by atoms with Crippen LogP contribution < -0.4 is 25.1 Å². The molecule has 3 rings (SSSR count). The molecule has 2 heterocycles. The van der Waals surface area contributed by atoms with Crippen LogP contribution in [0.2, 0.25) is 0 Å². The van der Waals surface area contributed by atoms with Gasteiger partial charge >= 0.3 is 0 Å². The second kappa shape index (κ2) is 8.39. The van der Waals surface area contributed by atoms with Crippen LogP contribution in [-0.4, -0.2) is 43.0 Å². The first-order valence-electron chi connectivity index (χ1n) is 8.50. The molecule has 0 fully saturated rings. The molecule has 1 amide bonds. The normalized spacial score (nSPS) is 15.4. The zero-order valence-electron chi connectivity index (χ0n) is 15.8. The number of anilines is 1. The second-order valence-electron chi connectivity index (χ2n) is 5.96. The van der Waals surface area contributed by atoms with Crippen molar-refractivity contribution < 1.29 is 19.0 Å². The average molecular weight is 403 g/mol. The molecule has 2 N–H and O–H groups in total. The monoisotopic (exact) mass is 403 g/mol. The highest BCUT2D eigenvalue weighted by Gasteiger charge is 2.34. The van der Waals surface area contributed by atoms with E-state index in [1.54, 1.807) is 18.2 Å². The summed E-state index contributed by atoms with van der Waals surface area (Å²) in [5.41, 5.74) is 0.724. The van der Waals surface area contributed by atoms with E-state index in [1.165, 1.54) is 33.1 Å². The van der Waals surface area contributed by atoms with Crippen LogP contribution in [-0.2, 0) is 4.79 Å². The van der Waals surface area contributed by atoms with E-state index in [9.17, 15) is 9.59 Å². The molecule has 8 nitrogen and oxygen atoms in total. The second-order valence-corrected chi connectivity index (χ2v) is 6.97. The van der Waals surface area contributed by atoms with Crippen molar-refractivity contribution in [2.45, 2.75) is 17.5 Å². The molecule has 9 heteroatoms. The lowest BCUT2D eigenvalue weighted by Crippen LogP contribution is -2.31. The summed E-state index contributed by atoms with van der Waals surface area (Å²) in [5, 5.41) is 3.12. The number of rotatable bonds is 7. The summed E-state index contributed by atoms with van der Waals surface area (Å²) in [6.45, 7) is 3.65. The van der Waals surface area contributed by atoms with Crippen molar-refractivity contribution >= 4 is 23.5 Å². The third kappa shape index (κ3) is 3.57. The summed E-state index contributed by atoms with van der Waals surface area (Å²) < 4.78 is 16.3. The lowest BCUT2D eigenvalue weighted by molar-refractivity contribution is -0.116. The fourth-order valence-corrected chi connectivity index (χ4v) is 3.82. The van der Waals surface area contributed by atoms with Gasteiger partial charge in [-0.3, -0.25) is 9.59 Å². The van der Waals surface area contributed by atoms with Gasteiger partial charge in [-0.05, 0) is 6.07 Å². The van der Waals surface area contributed by atoms with Crippen LogP contribution in [0.25, 0.3) is 0 Å². The lowest BCUT2D eigenvalue weighted by atomic mass is 9.86. The largest absolute Gasteiger partial charge is 0.493 e. The molecule has 0 radical (unpaired) electrons. The smallest absolute Gasteiger partial charge is 0.257 e. The Bertz CT molecular complexity index is 973. The molecule has 28 heavy (non-hydrogen) atoms. The highest BCUT2D eigenvalue weighted by Crippen LogP contribution is 2.46. The van der Waals surface area contributed by atoms with Gasteiger partial charge in [-0.25, -0.2) is 4.98 Å². The maximum absolute atomic E-state index is 12.8. The van der Waals surface area contributed by atoms with Gasteiger partial charge in [-0.1, -0.05) is 23.9 Å². The molecule has 1 atom stereocenters. The number of thioether (sulfide) groups is 1. The number of nitrogens with one attached hydrogen (secondary N) is 2. The Labute approximate surface area is 166 Å². The maximum Gasteiger partial charge on any atom is 0.257 e. The Hall–Kier alpha value is -2.94. The van der Waals surface area contributed by atoms with Gasteiger partial charge in [0, 0.05) is 23.7 Å². The Morgan fingerprint density at radius 2 is 1.96 bits per heavy atom. The molecule has 148 valence electrons. The van der Waals surface area contributed by atoms with Gasteiger partial charge in [0.25, 0.3) is 5.56 Å². The molecule has 2 aromatic rings. The van der Waals surface area contributed by atoms with Crippen molar-refractivity contribution in [3.63, 3.8) is 0 Å². The van der Waals surface area contributed by atoms with Gasteiger partial charge in [0.2, 0.25) is 11.7 Å². The Morgan fingerprint density at radius 1 is 1.21 bits per heavy atom. The van der Waals surface area contributed by atoms with E-state index >= 15 is 0 Å². The van der Waals surface area contributed by atoms with Gasteiger partial charge in [-0.2, -0.15) is 0 Å². The summed E-state index contributed by atoms with van der Waals surface area (Å²) in [6.07, 6.45) is 1.79. The number of H-pyrrole nitrogens is 1. The third-order valence-electron chi connectivity index (χ3n) is 4.38. The number of ether oxygens (including phenoxy) is 3. The van der Waals surface area contributed by atoms with Crippen LogP contribution in [0, 0.1) is 0 Å². The number of amides is 1. The molecular formula is C19H21N3O5S. The fraction of sp³-hybridized carbons (Fsp3) is 0.316. The Morgan fingerprint density at radius 3 is 2.61 bits per heavy atom. The van der Waals surface area contributed by atoms with Crippen LogP contribution in [0.5, 0.6) is 17.2 Å². The topological polar surface area (TPSA) is 103 Å². The SMILES string of the molecule is C=CCSc1nc2c(c(=O)[nH]1)[C@H](c1ccc(OC)c(OC)c1OC)CC(=O)N2. The van der Waals surface area contributed by atoms with Crippen LogP contribution >= 0.6 is 11.8 Å². The fourth-order valence-electron chi connectivity index (χ4n) is 3.22. The zero-order valence-corrected chi connectivity index (χ0v) is 16.6. The van der Waals surface area contributed by atoms with E-state index < -0.39 is 5.92 Å². The number of aromatic nitrogens is 2. The highest BCUT2D eigenvalue weighted by atomic mass is 32.2. The minimum atomic E-state index is -0.534. The van der Waals surface area contributed by atoms with Crippen molar-refractivity contribution in [3.8, 4) is 17.2 Å². The molecule has 1 aliphatic heterocycles. The number of fused-ring (bicyclic) bond motifs is 1. The van der Waals surface area contributed by atoms with Crippen molar-refractivity contribution in [1.82, 2.24) is 9.97 Å². The molecule has 0 saturated carbocycles. The molecule has 0 bridgehead atoms. The molecule has 1 aromatic heterocycles. The Balaban J connectivity index is 2.17. The average Bonchev–Trinajstić information content (AvgIpc) is 2.69. The van der Waals surface area contributed by atoms with Crippen LogP contribution in [0.4, 0.5) is 5.82 Å². The van der Waals surface area contributed by atoms with Gasteiger partial charge < -0.3 is 24.5 Å². The van der Waals surface area contributed by atoms with E-state index in [0.717, 1.165) is 0 Å².